The second-order valence-corrected chi connectivity index (χ2v) is 6.62. The average Bonchev–Trinajstić information content (AvgIpc) is 3.40. The summed E-state index contributed by atoms with van der Waals surface area (Å²) in [7, 11) is 0. The van der Waals surface area contributed by atoms with Crippen molar-refractivity contribution in [1.82, 2.24) is 10.1 Å². The van der Waals surface area contributed by atoms with Crippen LogP contribution in [0.2, 0.25) is 0 Å². The summed E-state index contributed by atoms with van der Waals surface area (Å²) in [4.78, 5) is 28.5. The molecule has 138 valence electrons. The number of aromatic nitrogens is 2. The number of nitrogens with one attached hydrogen (secondary N) is 1. The lowest BCUT2D eigenvalue weighted by atomic mass is 10.1. The van der Waals surface area contributed by atoms with Gasteiger partial charge >= 0.3 is 0 Å². The zero-order valence-corrected chi connectivity index (χ0v) is 15.1. The Balaban J connectivity index is 1.66. The van der Waals surface area contributed by atoms with Gasteiger partial charge in [-0.15, -0.1) is 11.3 Å². The fourth-order valence-corrected chi connectivity index (χ4v) is 3.28. The third-order valence-electron chi connectivity index (χ3n) is 3.92. The molecule has 0 aliphatic heterocycles. The van der Waals surface area contributed by atoms with Gasteiger partial charge in [-0.2, -0.15) is 4.98 Å². The number of para-hydroxylation sites is 2. The number of carbonyl (C=O) groups excluding carboxylic acids is 1. The molecule has 0 saturated heterocycles. The van der Waals surface area contributed by atoms with Crippen LogP contribution in [0.5, 0.6) is 0 Å². The number of anilines is 1. The predicted molar refractivity (Wildman–Crippen MR) is 104 cm³/mol. The summed E-state index contributed by atoms with van der Waals surface area (Å²) in [5, 5.41) is 19.8. The van der Waals surface area contributed by atoms with Crippen LogP contribution in [-0.2, 0) is 0 Å². The first-order valence-electron chi connectivity index (χ1n) is 8.15. The molecular weight excluding hydrogens is 380 g/mol. The number of carbonyl (C=O) groups is 1. The Bertz CT molecular complexity index is 1150. The van der Waals surface area contributed by atoms with E-state index in [9.17, 15) is 14.9 Å². The number of nitrogens with zero attached hydrogens (tertiary/aromatic N) is 3. The number of thiophene rings is 1. The number of nitro groups is 1. The van der Waals surface area contributed by atoms with Crippen molar-refractivity contribution in [2.24, 2.45) is 0 Å². The summed E-state index contributed by atoms with van der Waals surface area (Å²) in [6.45, 7) is 0. The third kappa shape index (κ3) is 3.38. The molecule has 4 rings (SSSR count). The molecule has 2 aromatic carbocycles. The summed E-state index contributed by atoms with van der Waals surface area (Å²) >= 11 is 1.48. The Morgan fingerprint density at radius 1 is 1.07 bits per heavy atom. The third-order valence-corrected chi connectivity index (χ3v) is 4.78. The molecule has 0 aliphatic carbocycles. The Hall–Kier alpha value is -3.85. The van der Waals surface area contributed by atoms with Crippen molar-refractivity contribution in [2.45, 2.75) is 0 Å². The van der Waals surface area contributed by atoms with Crippen LogP contribution in [0.25, 0.3) is 22.2 Å². The topological polar surface area (TPSA) is 111 Å². The summed E-state index contributed by atoms with van der Waals surface area (Å²) in [6, 6.07) is 16.4. The normalized spacial score (nSPS) is 10.6. The molecule has 9 heteroatoms. The molecule has 2 aromatic heterocycles. The summed E-state index contributed by atoms with van der Waals surface area (Å²) in [5.74, 6) is 0.0874. The largest absolute Gasteiger partial charge is 0.334 e. The molecule has 0 bridgehead atoms. The minimum Gasteiger partial charge on any atom is -0.334 e. The van der Waals surface area contributed by atoms with E-state index in [4.69, 9.17) is 4.52 Å². The Morgan fingerprint density at radius 3 is 2.64 bits per heavy atom. The molecule has 1 N–H and O–H groups in total. The monoisotopic (exact) mass is 392 g/mol. The van der Waals surface area contributed by atoms with Crippen molar-refractivity contribution in [3.8, 4) is 22.2 Å². The molecule has 0 fully saturated rings. The van der Waals surface area contributed by atoms with Gasteiger partial charge in [0.15, 0.2) is 0 Å². The second-order valence-electron chi connectivity index (χ2n) is 5.67. The Labute approximate surface area is 162 Å². The lowest BCUT2D eigenvalue weighted by Crippen LogP contribution is -2.14. The fourth-order valence-electron chi connectivity index (χ4n) is 2.63. The van der Waals surface area contributed by atoms with Crippen molar-refractivity contribution in [3.63, 3.8) is 0 Å². The quantitative estimate of drug-likeness (QED) is 0.392. The number of rotatable bonds is 5. The van der Waals surface area contributed by atoms with Gasteiger partial charge in [0.2, 0.25) is 5.82 Å². The molecule has 1 amide bonds. The minimum atomic E-state index is -0.599. The standard InChI is InChI=1S/C19H12N4O4S/c24-18(13-7-2-4-9-15(13)23(25)26)20-14-8-3-1-6-12(14)19-21-17(22-27-19)16-10-5-11-28-16/h1-11H,(H,20,24). The number of hydrogen-bond donors (Lipinski definition) is 1. The highest BCUT2D eigenvalue weighted by Gasteiger charge is 2.21. The van der Waals surface area contributed by atoms with E-state index in [1.807, 2.05) is 17.5 Å². The molecule has 0 atom stereocenters. The molecule has 0 aliphatic rings. The van der Waals surface area contributed by atoms with Gasteiger partial charge in [0.25, 0.3) is 17.5 Å². The molecule has 28 heavy (non-hydrogen) atoms. The van der Waals surface area contributed by atoms with Crippen LogP contribution < -0.4 is 5.32 Å². The molecule has 0 saturated carbocycles. The zero-order valence-electron chi connectivity index (χ0n) is 14.2. The van der Waals surface area contributed by atoms with Gasteiger partial charge in [0, 0.05) is 6.07 Å². The van der Waals surface area contributed by atoms with E-state index in [0.29, 0.717) is 17.1 Å². The molecule has 0 unspecified atom stereocenters. The predicted octanol–water partition coefficient (Wildman–Crippen LogP) is 4.63. The molecule has 0 radical (unpaired) electrons. The highest BCUT2D eigenvalue weighted by Crippen LogP contribution is 2.30. The van der Waals surface area contributed by atoms with E-state index in [-0.39, 0.29) is 17.1 Å². The molecule has 0 spiro atoms. The molecule has 4 aromatic rings. The van der Waals surface area contributed by atoms with Crippen LogP contribution in [0.3, 0.4) is 0 Å². The van der Waals surface area contributed by atoms with E-state index < -0.39 is 10.8 Å². The molecular formula is C19H12N4O4S. The van der Waals surface area contributed by atoms with Crippen LogP contribution in [-0.4, -0.2) is 21.0 Å². The van der Waals surface area contributed by atoms with Crippen LogP contribution in [0.4, 0.5) is 11.4 Å². The number of hydrogen-bond acceptors (Lipinski definition) is 7. The molecule has 2 heterocycles. The SMILES string of the molecule is O=C(Nc1ccccc1-c1nc(-c2cccs2)no1)c1ccccc1[N+](=O)[O-]. The van der Waals surface area contributed by atoms with Crippen molar-refractivity contribution in [3.05, 3.63) is 81.7 Å². The first-order valence-corrected chi connectivity index (χ1v) is 9.03. The lowest BCUT2D eigenvalue weighted by molar-refractivity contribution is -0.385. The van der Waals surface area contributed by atoms with E-state index >= 15 is 0 Å². The van der Waals surface area contributed by atoms with E-state index in [1.165, 1.54) is 29.5 Å². The molecule has 8 nitrogen and oxygen atoms in total. The van der Waals surface area contributed by atoms with Crippen molar-refractivity contribution in [2.75, 3.05) is 5.32 Å². The Morgan fingerprint density at radius 2 is 1.86 bits per heavy atom. The van der Waals surface area contributed by atoms with Gasteiger partial charge < -0.3 is 9.84 Å². The van der Waals surface area contributed by atoms with Crippen LogP contribution >= 0.6 is 11.3 Å². The van der Waals surface area contributed by atoms with Crippen LogP contribution in [0.15, 0.2) is 70.6 Å². The zero-order chi connectivity index (χ0) is 19.5. The highest BCUT2D eigenvalue weighted by atomic mass is 32.1. The van der Waals surface area contributed by atoms with Crippen molar-refractivity contribution >= 4 is 28.6 Å². The van der Waals surface area contributed by atoms with Gasteiger partial charge in [-0.1, -0.05) is 35.5 Å². The van der Waals surface area contributed by atoms with Crippen molar-refractivity contribution < 1.29 is 14.2 Å². The van der Waals surface area contributed by atoms with Gasteiger partial charge in [-0.05, 0) is 29.6 Å². The van der Waals surface area contributed by atoms with Gasteiger partial charge in [-0.3, -0.25) is 14.9 Å². The average molecular weight is 392 g/mol. The fraction of sp³-hybridized carbons (Fsp3) is 0. The smallest absolute Gasteiger partial charge is 0.282 e. The Kier molecular flexibility index (Phi) is 4.65. The van der Waals surface area contributed by atoms with E-state index in [1.54, 1.807) is 30.3 Å². The maximum Gasteiger partial charge on any atom is 0.282 e. The van der Waals surface area contributed by atoms with Gasteiger partial charge in [0.05, 0.1) is 21.1 Å². The summed E-state index contributed by atoms with van der Waals surface area (Å²) in [5.41, 5.74) is 0.624. The minimum absolute atomic E-state index is 0.0351. The maximum atomic E-state index is 12.6. The van der Waals surface area contributed by atoms with Crippen LogP contribution in [0, 0.1) is 10.1 Å². The van der Waals surface area contributed by atoms with E-state index in [0.717, 1.165) is 4.88 Å². The maximum absolute atomic E-state index is 12.6. The second kappa shape index (κ2) is 7.41. The number of nitro benzene ring substituents is 1. The highest BCUT2D eigenvalue weighted by molar-refractivity contribution is 7.13. The number of amides is 1. The lowest BCUT2D eigenvalue weighted by Gasteiger charge is -2.08. The summed E-state index contributed by atoms with van der Waals surface area (Å²) in [6.07, 6.45) is 0. The van der Waals surface area contributed by atoms with Gasteiger partial charge in [-0.25, -0.2) is 0 Å². The van der Waals surface area contributed by atoms with Crippen molar-refractivity contribution in [1.29, 1.82) is 0 Å². The van der Waals surface area contributed by atoms with Gasteiger partial charge in [0.1, 0.15) is 5.56 Å². The van der Waals surface area contributed by atoms with Crippen LogP contribution in [0.1, 0.15) is 10.4 Å². The van der Waals surface area contributed by atoms with E-state index in [2.05, 4.69) is 15.5 Å². The first kappa shape index (κ1) is 17.6. The number of benzene rings is 2. The summed E-state index contributed by atoms with van der Waals surface area (Å²) < 4.78 is 5.35. The first-order chi connectivity index (χ1) is 13.6.